The molecule has 0 saturated carbocycles. The van der Waals surface area contributed by atoms with Crippen LogP contribution in [0.2, 0.25) is 0 Å². The number of ether oxygens (including phenoxy) is 1. The van der Waals surface area contributed by atoms with Crippen molar-refractivity contribution in [3.05, 3.63) is 76.7 Å². The standard InChI is InChI=1S/C21H21N5O2/c1-15-11-16(2)26(25-15)14-17-5-3-6-18(12-17)21(27)28-10-9-24-20-19(13-22)7-4-8-23-20/h3-8,11-12H,9-10,14H2,1-2H3,(H,23,24). The normalized spacial score (nSPS) is 10.3. The Morgan fingerprint density at radius 2 is 2.11 bits per heavy atom. The third kappa shape index (κ3) is 4.74. The number of carbonyl (C=O) groups excluding carboxylic acids is 1. The molecule has 1 N–H and O–H groups in total. The van der Waals surface area contributed by atoms with Gasteiger partial charge in [0.2, 0.25) is 0 Å². The van der Waals surface area contributed by atoms with Gasteiger partial charge in [-0.2, -0.15) is 10.4 Å². The van der Waals surface area contributed by atoms with Gasteiger partial charge in [0.05, 0.1) is 29.9 Å². The molecule has 0 amide bonds. The first kappa shape index (κ1) is 19.1. The lowest BCUT2D eigenvalue weighted by Gasteiger charge is -2.09. The Hall–Kier alpha value is -3.66. The second-order valence-electron chi connectivity index (χ2n) is 6.36. The van der Waals surface area contributed by atoms with E-state index in [4.69, 9.17) is 10.00 Å². The fraction of sp³-hybridized carbons (Fsp3) is 0.238. The molecule has 0 bridgehead atoms. The smallest absolute Gasteiger partial charge is 0.338 e. The number of nitrogens with zero attached hydrogens (tertiary/aromatic N) is 4. The van der Waals surface area contributed by atoms with E-state index in [0.717, 1.165) is 17.0 Å². The van der Waals surface area contributed by atoms with E-state index < -0.39 is 5.97 Å². The topological polar surface area (TPSA) is 92.8 Å². The number of benzene rings is 1. The van der Waals surface area contributed by atoms with E-state index in [1.807, 2.05) is 42.8 Å². The number of pyridine rings is 1. The lowest BCUT2D eigenvalue weighted by Crippen LogP contribution is -2.15. The van der Waals surface area contributed by atoms with Gasteiger partial charge >= 0.3 is 5.97 Å². The van der Waals surface area contributed by atoms with Crippen LogP contribution in [0, 0.1) is 25.2 Å². The fourth-order valence-corrected chi connectivity index (χ4v) is 2.84. The molecule has 0 fully saturated rings. The minimum Gasteiger partial charge on any atom is -0.460 e. The van der Waals surface area contributed by atoms with E-state index in [0.29, 0.717) is 30.0 Å². The molecule has 0 unspecified atom stereocenters. The predicted octanol–water partition coefficient (Wildman–Crippen LogP) is 3.08. The number of nitriles is 1. The molecule has 28 heavy (non-hydrogen) atoms. The Bertz CT molecular complexity index is 1020. The molecule has 2 heterocycles. The van der Waals surface area contributed by atoms with Crippen molar-refractivity contribution in [3.63, 3.8) is 0 Å². The molecule has 7 nitrogen and oxygen atoms in total. The zero-order chi connectivity index (χ0) is 19.9. The number of esters is 1. The van der Waals surface area contributed by atoms with Crippen LogP contribution in [0.4, 0.5) is 5.82 Å². The summed E-state index contributed by atoms with van der Waals surface area (Å²) in [5.74, 6) is 0.0893. The highest BCUT2D eigenvalue weighted by molar-refractivity contribution is 5.89. The number of hydrogen-bond donors (Lipinski definition) is 1. The predicted molar refractivity (Wildman–Crippen MR) is 105 cm³/mol. The highest BCUT2D eigenvalue weighted by Gasteiger charge is 2.09. The minimum absolute atomic E-state index is 0.169. The quantitative estimate of drug-likeness (QED) is 0.504. The van der Waals surface area contributed by atoms with Crippen LogP contribution < -0.4 is 5.32 Å². The van der Waals surface area contributed by atoms with Crippen LogP contribution >= 0.6 is 0 Å². The van der Waals surface area contributed by atoms with Gasteiger partial charge in [-0.05, 0) is 49.7 Å². The van der Waals surface area contributed by atoms with Crippen LogP contribution in [0.5, 0.6) is 0 Å². The molecule has 3 rings (SSSR count). The molecule has 1 aromatic carbocycles. The lowest BCUT2D eigenvalue weighted by atomic mass is 10.1. The van der Waals surface area contributed by atoms with Crippen molar-refractivity contribution >= 4 is 11.8 Å². The molecule has 2 aromatic heterocycles. The summed E-state index contributed by atoms with van der Waals surface area (Å²) >= 11 is 0. The number of aryl methyl sites for hydroxylation is 2. The van der Waals surface area contributed by atoms with Crippen molar-refractivity contribution in [3.8, 4) is 6.07 Å². The van der Waals surface area contributed by atoms with E-state index >= 15 is 0 Å². The number of hydrogen-bond acceptors (Lipinski definition) is 6. The first-order valence-corrected chi connectivity index (χ1v) is 8.93. The van der Waals surface area contributed by atoms with Gasteiger partial charge in [-0.1, -0.05) is 12.1 Å². The Balaban J connectivity index is 1.54. The maximum atomic E-state index is 12.3. The summed E-state index contributed by atoms with van der Waals surface area (Å²) in [5, 5.41) is 16.5. The number of nitrogens with one attached hydrogen (secondary N) is 1. The highest BCUT2D eigenvalue weighted by atomic mass is 16.5. The molecule has 0 radical (unpaired) electrons. The molecule has 7 heteroatoms. The van der Waals surface area contributed by atoms with E-state index in [-0.39, 0.29) is 6.61 Å². The van der Waals surface area contributed by atoms with Gasteiger partial charge in [0.25, 0.3) is 0 Å². The molecule has 142 valence electrons. The maximum Gasteiger partial charge on any atom is 0.338 e. The summed E-state index contributed by atoms with van der Waals surface area (Å²) in [6, 6.07) is 14.8. The molecular weight excluding hydrogens is 354 g/mol. The highest BCUT2D eigenvalue weighted by Crippen LogP contribution is 2.12. The molecule has 0 aliphatic carbocycles. The molecule has 0 aliphatic heterocycles. The summed E-state index contributed by atoms with van der Waals surface area (Å²) in [6.07, 6.45) is 1.60. The first-order chi connectivity index (χ1) is 13.6. The summed E-state index contributed by atoms with van der Waals surface area (Å²) in [5.41, 5.74) is 3.96. The maximum absolute atomic E-state index is 12.3. The van der Waals surface area contributed by atoms with Crippen LogP contribution in [0.15, 0.2) is 48.7 Å². The summed E-state index contributed by atoms with van der Waals surface area (Å²) < 4.78 is 7.23. The summed E-state index contributed by atoms with van der Waals surface area (Å²) in [4.78, 5) is 16.4. The SMILES string of the molecule is Cc1cc(C)n(Cc2cccc(C(=O)OCCNc3ncccc3C#N)c2)n1. The van der Waals surface area contributed by atoms with Crippen molar-refractivity contribution in [2.24, 2.45) is 0 Å². The van der Waals surface area contributed by atoms with Crippen molar-refractivity contribution in [2.45, 2.75) is 20.4 Å². The third-order valence-corrected chi connectivity index (χ3v) is 4.15. The largest absolute Gasteiger partial charge is 0.460 e. The van der Waals surface area contributed by atoms with Gasteiger partial charge in [-0.3, -0.25) is 4.68 Å². The van der Waals surface area contributed by atoms with E-state index in [9.17, 15) is 4.79 Å². The number of rotatable bonds is 7. The first-order valence-electron chi connectivity index (χ1n) is 8.93. The van der Waals surface area contributed by atoms with Crippen molar-refractivity contribution in [1.82, 2.24) is 14.8 Å². The number of carbonyl (C=O) groups is 1. The van der Waals surface area contributed by atoms with E-state index in [1.54, 1.807) is 24.4 Å². The fourth-order valence-electron chi connectivity index (χ4n) is 2.84. The summed E-state index contributed by atoms with van der Waals surface area (Å²) in [7, 11) is 0. The number of aromatic nitrogens is 3. The summed E-state index contributed by atoms with van der Waals surface area (Å²) in [6.45, 7) is 5.09. The van der Waals surface area contributed by atoms with Gasteiger partial charge < -0.3 is 10.1 Å². The zero-order valence-corrected chi connectivity index (χ0v) is 15.8. The van der Waals surface area contributed by atoms with Crippen LogP contribution in [-0.2, 0) is 11.3 Å². The lowest BCUT2D eigenvalue weighted by molar-refractivity contribution is 0.0520. The Labute approximate surface area is 163 Å². The average Bonchev–Trinajstić information content (AvgIpc) is 3.02. The van der Waals surface area contributed by atoms with Crippen molar-refractivity contribution in [2.75, 3.05) is 18.5 Å². The number of anilines is 1. The monoisotopic (exact) mass is 375 g/mol. The van der Waals surface area contributed by atoms with Gasteiger partial charge in [0.15, 0.2) is 0 Å². The zero-order valence-electron chi connectivity index (χ0n) is 15.8. The van der Waals surface area contributed by atoms with Crippen LogP contribution in [-0.4, -0.2) is 33.9 Å². The second-order valence-corrected chi connectivity index (χ2v) is 6.36. The molecule has 0 atom stereocenters. The van der Waals surface area contributed by atoms with Crippen molar-refractivity contribution in [1.29, 1.82) is 5.26 Å². The van der Waals surface area contributed by atoms with Gasteiger partial charge in [-0.25, -0.2) is 9.78 Å². The van der Waals surface area contributed by atoms with Crippen LogP contribution in [0.1, 0.15) is 32.9 Å². The van der Waals surface area contributed by atoms with Gasteiger partial charge in [-0.15, -0.1) is 0 Å². The minimum atomic E-state index is -0.390. The Morgan fingerprint density at radius 3 is 2.86 bits per heavy atom. The van der Waals surface area contributed by atoms with E-state index in [1.165, 1.54) is 0 Å². The second kappa shape index (κ2) is 8.82. The molecule has 3 aromatic rings. The molecular formula is C21H21N5O2. The average molecular weight is 375 g/mol. The van der Waals surface area contributed by atoms with E-state index in [2.05, 4.69) is 21.5 Å². The molecule has 0 aliphatic rings. The van der Waals surface area contributed by atoms with Gasteiger partial charge in [0.1, 0.15) is 18.5 Å². The third-order valence-electron chi connectivity index (χ3n) is 4.15. The molecule has 0 saturated heterocycles. The Kier molecular flexibility index (Phi) is 6.02. The molecule has 0 spiro atoms. The van der Waals surface area contributed by atoms with Crippen molar-refractivity contribution < 1.29 is 9.53 Å². The van der Waals surface area contributed by atoms with Crippen LogP contribution in [0.25, 0.3) is 0 Å². The van der Waals surface area contributed by atoms with Gasteiger partial charge in [0, 0.05) is 11.9 Å². The Morgan fingerprint density at radius 1 is 1.25 bits per heavy atom. The van der Waals surface area contributed by atoms with Crippen LogP contribution in [0.3, 0.4) is 0 Å².